The third kappa shape index (κ3) is 4.89. The van der Waals surface area contributed by atoms with Crippen molar-refractivity contribution in [3.05, 3.63) is 95.1 Å². The molecule has 2 amide bonds. The van der Waals surface area contributed by atoms with Crippen molar-refractivity contribution in [1.29, 1.82) is 0 Å². The Hall–Kier alpha value is -4.26. The zero-order valence-electron chi connectivity index (χ0n) is 21.3. The quantitative estimate of drug-likeness (QED) is 0.317. The van der Waals surface area contributed by atoms with Gasteiger partial charge in [-0.2, -0.15) is 0 Å². The number of hydrogen-bond acceptors (Lipinski definition) is 3. The molecule has 2 aromatic heterocycles. The minimum absolute atomic E-state index is 0.110. The number of H-pyrrole nitrogens is 1. The van der Waals surface area contributed by atoms with Crippen molar-refractivity contribution < 1.29 is 14.0 Å². The first-order valence-corrected chi connectivity index (χ1v) is 12.3. The summed E-state index contributed by atoms with van der Waals surface area (Å²) in [5.41, 5.74) is 6.33. The van der Waals surface area contributed by atoms with Gasteiger partial charge in [0.1, 0.15) is 11.6 Å². The number of hydrogen-bond donors (Lipinski definition) is 3. The van der Waals surface area contributed by atoms with Crippen molar-refractivity contribution in [2.75, 3.05) is 5.32 Å². The number of rotatable bonds is 5. The van der Waals surface area contributed by atoms with Crippen molar-refractivity contribution >= 4 is 17.6 Å². The van der Waals surface area contributed by atoms with Crippen LogP contribution in [-0.2, 0) is 11.2 Å². The molecule has 1 unspecified atom stereocenters. The summed E-state index contributed by atoms with van der Waals surface area (Å²) in [6, 6.07) is 17.6. The van der Waals surface area contributed by atoms with E-state index in [4.69, 9.17) is 0 Å². The highest BCUT2D eigenvalue weighted by Crippen LogP contribution is 2.40. The van der Waals surface area contributed by atoms with E-state index in [9.17, 15) is 14.0 Å². The highest BCUT2D eigenvalue weighted by Gasteiger charge is 2.35. The van der Waals surface area contributed by atoms with Crippen molar-refractivity contribution in [3.8, 4) is 22.4 Å². The fourth-order valence-electron chi connectivity index (χ4n) is 4.89. The number of aromatic nitrogens is 2. The molecule has 0 radical (unpaired) electrons. The van der Waals surface area contributed by atoms with Gasteiger partial charge in [-0.25, -0.2) is 9.37 Å². The van der Waals surface area contributed by atoms with E-state index in [1.165, 1.54) is 12.1 Å². The summed E-state index contributed by atoms with van der Waals surface area (Å²) in [5.74, 6) is -0.800. The number of nitrogens with zero attached hydrogens (tertiary/aromatic N) is 1. The van der Waals surface area contributed by atoms with Crippen molar-refractivity contribution in [2.24, 2.45) is 0 Å². The first kappa shape index (κ1) is 24.4. The standard InChI is InChI=1S/C30H29FN4O2/c1-17-6-5-7-20(14-17)25-26-23(16-30(3,4)35-29(26)37)33-27(25)21-12-13-32-24(15-21)34-28(36)18(2)19-8-10-22(31)11-9-19/h5-15,18,33H,16H2,1-4H3,(H,35,37)(H,32,34,36). The Morgan fingerprint density at radius 1 is 1.05 bits per heavy atom. The molecular formula is C30H29FN4O2. The highest BCUT2D eigenvalue weighted by atomic mass is 19.1. The molecule has 5 rings (SSSR count). The smallest absolute Gasteiger partial charge is 0.254 e. The number of amides is 2. The van der Waals surface area contributed by atoms with Gasteiger partial charge in [0.2, 0.25) is 5.91 Å². The molecule has 0 saturated carbocycles. The highest BCUT2D eigenvalue weighted by molar-refractivity contribution is 6.07. The number of halogens is 1. The van der Waals surface area contributed by atoms with Crippen molar-refractivity contribution in [1.82, 2.24) is 15.3 Å². The molecule has 6 nitrogen and oxygen atoms in total. The third-order valence-electron chi connectivity index (χ3n) is 6.75. The van der Waals surface area contributed by atoms with Gasteiger partial charge in [0.05, 0.1) is 17.2 Å². The normalized spacial score (nSPS) is 15.0. The lowest BCUT2D eigenvalue weighted by molar-refractivity contribution is -0.117. The Bertz CT molecular complexity index is 1500. The van der Waals surface area contributed by atoms with Gasteiger partial charge in [0.15, 0.2) is 0 Å². The van der Waals surface area contributed by atoms with Crippen LogP contribution in [0.25, 0.3) is 22.4 Å². The van der Waals surface area contributed by atoms with Gasteiger partial charge in [-0.15, -0.1) is 0 Å². The molecule has 0 aliphatic carbocycles. The lowest BCUT2D eigenvalue weighted by Crippen LogP contribution is -2.49. The van der Waals surface area contributed by atoms with E-state index in [-0.39, 0.29) is 23.2 Å². The van der Waals surface area contributed by atoms with Crippen LogP contribution in [0.1, 0.15) is 53.9 Å². The molecule has 4 aromatic rings. The lowest BCUT2D eigenvalue weighted by atomic mass is 9.88. The molecule has 3 heterocycles. The van der Waals surface area contributed by atoms with Crippen LogP contribution >= 0.6 is 0 Å². The number of benzene rings is 2. The second-order valence-electron chi connectivity index (χ2n) is 10.3. The number of carbonyl (C=O) groups excluding carboxylic acids is 2. The Morgan fingerprint density at radius 2 is 1.81 bits per heavy atom. The van der Waals surface area contributed by atoms with Gasteiger partial charge in [-0.05, 0) is 63.1 Å². The average molecular weight is 497 g/mol. The Labute approximate surface area is 215 Å². The number of aryl methyl sites for hydroxylation is 1. The second-order valence-corrected chi connectivity index (χ2v) is 10.3. The SMILES string of the molecule is Cc1cccc(-c2c(-c3ccnc(NC(=O)C(C)c4ccc(F)cc4)c3)[nH]c3c2C(=O)NC(C)(C)C3)c1. The minimum Gasteiger partial charge on any atom is -0.357 e. The largest absolute Gasteiger partial charge is 0.357 e. The Morgan fingerprint density at radius 3 is 2.54 bits per heavy atom. The van der Waals surface area contributed by atoms with Crippen LogP contribution in [0.5, 0.6) is 0 Å². The topological polar surface area (TPSA) is 86.9 Å². The van der Waals surface area contributed by atoms with Crippen LogP contribution in [0, 0.1) is 12.7 Å². The number of anilines is 1. The van der Waals surface area contributed by atoms with E-state index >= 15 is 0 Å². The van der Waals surface area contributed by atoms with E-state index in [0.717, 1.165) is 33.6 Å². The molecule has 0 fully saturated rings. The maximum absolute atomic E-state index is 13.3. The molecule has 1 atom stereocenters. The van der Waals surface area contributed by atoms with Crippen LogP contribution in [-0.4, -0.2) is 27.3 Å². The first-order valence-electron chi connectivity index (χ1n) is 12.3. The first-order chi connectivity index (χ1) is 17.6. The summed E-state index contributed by atoms with van der Waals surface area (Å²) in [6.45, 7) is 7.79. The number of aromatic amines is 1. The number of fused-ring (bicyclic) bond motifs is 1. The molecule has 0 spiro atoms. The van der Waals surface area contributed by atoms with E-state index in [0.29, 0.717) is 23.4 Å². The predicted octanol–water partition coefficient (Wildman–Crippen LogP) is 6.00. The van der Waals surface area contributed by atoms with Crippen LogP contribution in [0.3, 0.4) is 0 Å². The number of pyridine rings is 1. The summed E-state index contributed by atoms with van der Waals surface area (Å²) >= 11 is 0. The average Bonchev–Trinajstić information content (AvgIpc) is 3.23. The third-order valence-corrected chi connectivity index (χ3v) is 6.75. The number of nitrogens with one attached hydrogen (secondary N) is 3. The van der Waals surface area contributed by atoms with E-state index in [1.54, 1.807) is 31.3 Å². The minimum atomic E-state index is -0.488. The number of carbonyl (C=O) groups is 2. The molecule has 0 bridgehead atoms. The fraction of sp³-hybridized carbons (Fsp3) is 0.233. The molecular weight excluding hydrogens is 467 g/mol. The molecule has 1 aliphatic rings. The van der Waals surface area contributed by atoms with Crippen LogP contribution < -0.4 is 10.6 Å². The van der Waals surface area contributed by atoms with Gasteiger partial charge < -0.3 is 15.6 Å². The molecule has 7 heteroatoms. The summed E-state index contributed by atoms with van der Waals surface area (Å²) < 4.78 is 13.3. The second kappa shape index (κ2) is 9.32. The van der Waals surface area contributed by atoms with E-state index < -0.39 is 5.92 Å². The van der Waals surface area contributed by atoms with Gasteiger partial charge >= 0.3 is 0 Å². The Balaban J connectivity index is 1.54. The van der Waals surface area contributed by atoms with E-state index in [2.05, 4.69) is 26.7 Å². The summed E-state index contributed by atoms with van der Waals surface area (Å²) in [4.78, 5) is 34.1. The molecule has 188 valence electrons. The Kier molecular flexibility index (Phi) is 6.15. The zero-order chi connectivity index (χ0) is 26.3. The summed E-state index contributed by atoms with van der Waals surface area (Å²) in [6.07, 6.45) is 2.30. The van der Waals surface area contributed by atoms with Gasteiger partial charge in [-0.3, -0.25) is 9.59 Å². The summed E-state index contributed by atoms with van der Waals surface area (Å²) in [7, 11) is 0. The lowest BCUT2D eigenvalue weighted by Gasteiger charge is -2.31. The van der Waals surface area contributed by atoms with Gasteiger partial charge in [0.25, 0.3) is 5.91 Å². The molecule has 37 heavy (non-hydrogen) atoms. The zero-order valence-corrected chi connectivity index (χ0v) is 21.3. The van der Waals surface area contributed by atoms with E-state index in [1.807, 2.05) is 45.0 Å². The summed E-state index contributed by atoms with van der Waals surface area (Å²) in [5, 5.41) is 6.00. The molecule has 3 N–H and O–H groups in total. The fourth-order valence-corrected chi connectivity index (χ4v) is 4.89. The predicted molar refractivity (Wildman–Crippen MR) is 143 cm³/mol. The van der Waals surface area contributed by atoms with Gasteiger partial charge in [0, 0.05) is 35.0 Å². The van der Waals surface area contributed by atoms with Crippen molar-refractivity contribution in [2.45, 2.75) is 45.6 Å². The monoisotopic (exact) mass is 496 g/mol. The van der Waals surface area contributed by atoms with Crippen LogP contribution in [0.2, 0.25) is 0 Å². The maximum Gasteiger partial charge on any atom is 0.254 e. The molecule has 2 aromatic carbocycles. The molecule has 0 saturated heterocycles. The van der Waals surface area contributed by atoms with Crippen molar-refractivity contribution in [3.63, 3.8) is 0 Å². The molecule has 1 aliphatic heterocycles. The maximum atomic E-state index is 13.3. The van der Waals surface area contributed by atoms with Crippen LogP contribution in [0.4, 0.5) is 10.2 Å². The van der Waals surface area contributed by atoms with Gasteiger partial charge in [-0.1, -0.05) is 42.0 Å². The van der Waals surface area contributed by atoms with Crippen LogP contribution in [0.15, 0.2) is 66.9 Å².